The van der Waals surface area contributed by atoms with Gasteiger partial charge in [0.25, 0.3) is 0 Å². The van der Waals surface area contributed by atoms with Gasteiger partial charge in [0.05, 0.1) is 5.56 Å². The molecule has 1 nitrogen and oxygen atoms in total. The third-order valence-electron chi connectivity index (χ3n) is 1.97. The Morgan fingerprint density at radius 1 is 1.14 bits per heavy atom. The van der Waals surface area contributed by atoms with Crippen molar-refractivity contribution in [2.45, 2.75) is 0 Å². The lowest BCUT2D eigenvalue weighted by molar-refractivity contribution is 0.561. The van der Waals surface area contributed by atoms with E-state index in [1.165, 1.54) is 6.07 Å². The van der Waals surface area contributed by atoms with Crippen LogP contribution in [0.15, 0.2) is 47.4 Å². The minimum absolute atomic E-state index is 0.280. The molecule has 0 bridgehead atoms. The van der Waals surface area contributed by atoms with Crippen molar-refractivity contribution < 1.29 is 8.81 Å². The fraction of sp³-hybridized carbons (Fsp3) is 0. The molecular weight excluding hydrogens is 179 g/mol. The Bertz CT molecular complexity index is 457. The van der Waals surface area contributed by atoms with Gasteiger partial charge in [-0.1, -0.05) is 18.7 Å². The van der Waals surface area contributed by atoms with Crippen molar-refractivity contribution in [2.75, 3.05) is 0 Å². The van der Waals surface area contributed by atoms with E-state index in [9.17, 15) is 4.39 Å². The fourth-order valence-electron chi connectivity index (χ4n) is 1.27. The normalized spacial score (nSPS) is 10.1. The first-order valence-electron chi connectivity index (χ1n) is 4.28. The summed E-state index contributed by atoms with van der Waals surface area (Å²) in [5, 5.41) is 0. The molecule has 2 rings (SSSR count). The number of halogens is 1. The molecule has 0 aliphatic heterocycles. The van der Waals surface area contributed by atoms with Gasteiger partial charge in [-0.15, -0.1) is 0 Å². The summed E-state index contributed by atoms with van der Waals surface area (Å²) in [6.07, 6.45) is 1.59. The summed E-state index contributed by atoms with van der Waals surface area (Å²) < 4.78 is 18.6. The summed E-state index contributed by atoms with van der Waals surface area (Å²) in [5.41, 5.74) is 0.473. The van der Waals surface area contributed by atoms with Crippen LogP contribution in [0.4, 0.5) is 4.39 Å². The summed E-state index contributed by atoms with van der Waals surface area (Å²) >= 11 is 0. The van der Waals surface area contributed by atoms with Crippen LogP contribution in [0.5, 0.6) is 0 Å². The van der Waals surface area contributed by atoms with E-state index in [0.717, 1.165) is 0 Å². The van der Waals surface area contributed by atoms with Crippen LogP contribution in [0.3, 0.4) is 0 Å². The quantitative estimate of drug-likeness (QED) is 0.699. The number of hydrogen-bond acceptors (Lipinski definition) is 1. The maximum Gasteiger partial charge on any atom is 0.137 e. The number of furan rings is 1. The zero-order chi connectivity index (χ0) is 9.97. The standard InChI is InChI=1S/C12H9FO/c1-2-9-7-8-12(14-9)10-5-3-4-6-11(10)13/h2-8H,1H2. The summed E-state index contributed by atoms with van der Waals surface area (Å²) in [6.45, 7) is 3.57. The minimum atomic E-state index is -0.280. The summed E-state index contributed by atoms with van der Waals surface area (Å²) in [5.74, 6) is 0.888. The predicted octanol–water partition coefficient (Wildman–Crippen LogP) is 3.73. The average molecular weight is 188 g/mol. The van der Waals surface area contributed by atoms with E-state index in [4.69, 9.17) is 4.42 Å². The lowest BCUT2D eigenvalue weighted by Crippen LogP contribution is -1.79. The average Bonchev–Trinajstić information content (AvgIpc) is 2.67. The van der Waals surface area contributed by atoms with Crippen molar-refractivity contribution in [3.05, 3.63) is 54.6 Å². The van der Waals surface area contributed by atoms with Crippen molar-refractivity contribution in [1.82, 2.24) is 0 Å². The zero-order valence-corrected chi connectivity index (χ0v) is 7.53. The van der Waals surface area contributed by atoms with Gasteiger partial charge >= 0.3 is 0 Å². The fourth-order valence-corrected chi connectivity index (χ4v) is 1.27. The van der Waals surface area contributed by atoms with Crippen LogP contribution < -0.4 is 0 Å². The van der Waals surface area contributed by atoms with E-state index in [-0.39, 0.29) is 5.82 Å². The maximum atomic E-state index is 13.3. The minimum Gasteiger partial charge on any atom is -0.457 e. The van der Waals surface area contributed by atoms with Gasteiger partial charge in [0.1, 0.15) is 17.3 Å². The lowest BCUT2D eigenvalue weighted by Gasteiger charge is -1.97. The molecule has 70 valence electrons. The molecule has 0 aliphatic rings. The second kappa shape index (κ2) is 3.50. The van der Waals surface area contributed by atoms with E-state index in [0.29, 0.717) is 17.1 Å². The summed E-state index contributed by atoms with van der Waals surface area (Å²) in [4.78, 5) is 0. The SMILES string of the molecule is C=Cc1ccc(-c2ccccc2F)o1. The Morgan fingerprint density at radius 3 is 2.57 bits per heavy atom. The molecule has 0 amide bonds. The molecule has 0 aliphatic carbocycles. The molecule has 0 spiro atoms. The highest BCUT2D eigenvalue weighted by atomic mass is 19.1. The summed E-state index contributed by atoms with van der Waals surface area (Å²) in [6, 6.07) is 10.0. The van der Waals surface area contributed by atoms with Gasteiger partial charge in [0.2, 0.25) is 0 Å². The van der Waals surface area contributed by atoms with Crippen LogP contribution >= 0.6 is 0 Å². The van der Waals surface area contributed by atoms with E-state index < -0.39 is 0 Å². The van der Waals surface area contributed by atoms with E-state index >= 15 is 0 Å². The van der Waals surface area contributed by atoms with Crippen LogP contribution in [0.2, 0.25) is 0 Å². The Hall–Kier alpha value is -1.83. The first kappa shape index (κ1) is 8.75. The smallest absolute Gasteiger partial charge is 0.137 e. The molecule has 0 saturated heterocycles. The van der Waals surface area contributed by atoms with Crippen molar-refractivity contribution >= 4 is 6.08 Å². The summed E-state index contributed by atoms with van der Waals surface area (Å²) in [7, 11) is 0. The van der Waals surface area contributed by atoms with E-state index in [1.54, 1.807) is 36.4 Å². The molecule has 0 radical (unpaired) electrons. The van der Waals surface area contributed by atoms with E-state index in [1.807, 2.05) is 0 Å². The third-order valence-corrected chi connectivity index (χ3v) is 1.97. The van der Waals surface area contributed by atoms with Gasteiger partial charge in [-0.05, 0) is 30.3 Å². The van der Waals surface area contributed by atoms with Gasteiger partial charge in [0.15, 0.2) is 0 Å². The molecule has 1 heterocycles. The molecule has 0 atom stereocenters. The second-order valence-electron chi connectivity index (χ2n) is 2.89. The highest BCUT2D eigenvalue weighted by Crippen LogP contribution is 2.24. The number of hydrogen-bond donors (Lipinski definition) is 0. The Balaban J connectivity index is 2.49. The van der Waals surface area contributed by atoms with Crippen molar-refractivity contribution in [3.8, 4) is 11.3 Å². The van der Waals surface area contributed by atoms with Gasteiger partial charge in [0, 0.05) is 0 Å². The second-order valence-corrected chi connectivity index (χ2v) is 2.89. The Morgan fingerprint density at radius 2 is 1.93 bits per heavy atom. The van der Waals surface area contributed by atoms with Gasteiger partial charge in [-0.2, -0.15) is 0 Å². The Kier molecular flexibility index (Phi) is 2.19. The highest BCUT2D eigenvalue weighted by molar-refractivity contribution is 5.60. The third kappa shape index (κ3) is 1.46. The molecule has 0 saturated carbocycles. The molecule has 2 heteroatoms. The molecule has 2 aromatic rings. The molecule has 1 aromatic carbocycles. The van der Waals surface area contributed by atoms with E-state index in [2.05, 4.69) is 6.58 Å². The van der Waals surface area contributed by atoms with Crippen molar-refractivity contribution in [2.24, 2.45) is 0 Å². The molecule has 14 heavy (non-hydrogen) atoms. The van der Waals surface area contributed by atoms with Gasteiger partial charge < -0.3 is 4.42 Å². The van der Waals surface area contributed by atoms with Crippen LogP contribution in [0.1, 0.15) is 5.76 Å². The van der Waals surface area contributed by atoms with Crippen LogP contribution in [-0.4, -0.2) is 0 Å². The van der Waals surface area contributed by atoms with Gasteiger partial charge in [-0.3, -0.25) is 0 Å². The first-order valence-corrected chi connectivity index (χ1v) is 4.28. The van der Waals surface area contributed by atoms with Crippen molar-refractivity contribution in [1.29, 1.82) is 0 Å². The molecular formula is C12H9FO. The zero-order valence-electron chi connectivity index (χ0n) is 7.53. The molecule has 1 aromatic heterocycles. The topological polar surface area (TPSA) is 13.1 Å². The Labute approximate surface area is 81.5 Å². The van der Waals surface area contributed by atoms with Crippen LogP contribution in [0.25, 0.3) is 17.4 Å². The molecule has 0 fully saturated rings. The predicted molar refractivity (Wildman–Crippen MR) is 54.2 cm³/mol. The largest absolute Gasteiger partial charge is 0.457 e. The van der Waals surface area contributed by atoms with Crippen LogP contribution in [-0.2, 0) is 0 Å². The molecule has 0 N–H and O–H groups in total. The number of benzene rings is 1. The van der Waals surface area contributed by atoms with Crippen LogP contribution in [0, 0.1) is 5.82 Å². The van der Waals surface area contributed by atoms with Crippen molar-refractivity contribution in [3.63, 3.8) is 0 Å². The lowest BCUT2D eigenvalue weighted by atomic mass is 10.1. The monoisotopic (exact) mass is 188 g/mol. The maximum absolute atomic E-state index is 13.3. The molecule has 0 unspecified atom stereocenters. The van der Waals surface area contributed by atoms with Gasteiger partial charge in [-0.25, -0.2) is 4.39 Å². The number of rotatable bonds is 2. The highest BCUT2D eigenvalue weighted by Gasteiger charge is 2.07. The first-order chi connectivity index (χ1) is 6.81.